The second-order valence-electron chi connectivity index (χ2n) is 2.93. The fourth-order valence-corrected chi connectivity index (χ4v) is 1.41. The highest BCUT2D eigenvalue weighted by molar-refractivity contribution is 5.23. The summed E-state index contributed by atoms with van der Waals surface area (Å²) in [7, 11) is 0. The van der Waals surface area contributed by atoms with Gasteiger partial charge in [0.15, 0.2) is 0 Å². The van der Waals surface area contributed by atoms with Gasteiger partial charge in [-0.05, 0) is 19.4 Å². The van der Waals surface area contributed by atoms with E-state index in [2.05, 4.69) is 12.0 Å². The van der Waals surface area contributed by atoms with Crippen LogP contribution in [0, 0.1) is 13.8 Å². The molecule has 3 nitrogen and oxygen atoms in total. The predicted octanol–water partition coefficient (Wildman–Crippen LogP) is 1.03. The highest BCUT2D eigenvalue weighted by atomic mass is 16.5. The normalized spacial score (nSPS) is 16.5. The Bertz CT molecular complexity index is 278. The molecule has 0 fully saturated rings. The van der Waals surface area contributed by atoms with Crippen LogP contribution in [0.3, 0.4) is 0 Å². The van der Waals surface area contributed by atoms with Crippen LogP contribution >= 0.6 is 0 Å². The lowest BCUT2D eigenvalue weighted by molar-refractivity contribution is 0.0796. The highest BCUT2D eigenvalue weighted by Crippen LogP contribution is 2.16. The van der Waals surface area contributed by atoms with Gasteiger partial charge in [-0.1, -0.05) is 0 Å². The Morgan fingerprint density at radius 2 is 2.27 bits per heavy atom. The molecule has 3 heteroatoms. The maximum absolute atomic E-state index is 5.33. The highest BCUT2D eigenvalue weighted by Gasteiger charge is 2.14. The lowest BCUT2D eigenvalue weighted by Crippen LogP contribution is -2.17. The van der Waals surface area contributed by atoms with Gasteiger partial charge < -0.3 is 4.74 Å². The quantitative estimate of drug-likeness (QED) is 0.555. The largest absolute Gasteiger partial charge is 0.373 e. The van der Waals surface area contributed by atoms with E-state index in [-0.39, 0.29) is 0 Å². The lowest BCUT2D eigenvalue weighted by atomic mass is 10.2. The Balaban J connectivity index is 2.50. The van der Waals surface area contributed by atoms with Crippen LogP contribution in [0.2, 0.25) is 0 Å². The van der Waals surface area contributed by atoms with Crippen molar-refractivity contribution in [2.75, 3.05) is 6.61 Å². The molecule has 0 aromatic carbocycles. The van der Waals surface area contributed by atoms with Crippen LogP contribution in [0.4, 0.5) is 0 Å². The van der Waals surface area contributed by atoms with Crippen LogP contribution in [0.15, 0.2) is 0 Å². The zero-order valence-corrected chi connectivity index (χ0v) is 6.92. The summed E-state index contributed by atoms with van der Waals surface area (Å²) in [6.07, 6.45) is 0. The Hall–Kier alpha value is -0.830. The Morgan fingerprint density at radius 3 is 3.00 bits per heavy atom. The molecule has 0 bridgehead atoms. The van der Waals surface area contributed by atoms with Gasteiger partial charge in [0.25, 0.3) is 0 Å². The first-order valence-electron chi connectivity index (χ1n) is 3.89. The lowest BCUT2D eigenvalue weighted by Gasteiger charge is -2.14. The average Bonchev–Trinajstić information content (AvgIpc) is 2.30. The first kappa shape index (κ1) is 6.85. The van der Waals surface area contributed by atoms with Gasteiger partial charge in [-0.3, -0.25) is 4.68 Å². The van der Waals surface area contributed by atoms with Gasteiger partial charge in [0.05, 0.1) is 31.1 Å². The molecule has 1 aliphatic rings. The average molecular weight is 152 g/mol. The monoisotopic (exact) mass is 152 g/mol. The molecule has 0 radical (unpaired) electrons. The van der Waals surface area contributed by atoms with Gasteiger partial charge in [0.1, 0.15) is 0 Å². The summed E-state index contributed by atoms with van der Waals surface area (Å²) < 4.78 is 7.38. The number of aryl methyl sites for hydroxylation is 1. The van der Waals surface area contributed by atoms with Crippen molar-refractivity contribution in [1.82, 2.24) is 9.78 Å². The zero-order chi connectivity index (χ0) is 7.84. The van der Waals surface area contributed by atoms with E-state index in [4.69, 9.17) is 4.74 Å². The molecule has 0 aliphatic carbocycles. The maximum atomic E-state index is 5.33. The van der Waals surface area contributed by atoms with Crippen molar-refractivity contribution in [3.05, 3.63) is 17.0 Å². The summed E-state index contributed by atoms with van der Waals surface area (Å²) in [5, 5.41) is 4.39. The zero-order valence-electron chi connectivity index (χ0n) is 6.92. The van der Waals surface area contributed by atoms with E-state index in [0.717, 1.165) is 25.5 Å². The Morgan fingerprint density at radius 1 is 1.45 bits per heavy atom. The number of aromatic nitrogens is 2. The third-order valence-electron chi connectivity index (χ3n) is 2.24. The van der Waals surface area contributed by atoms with Gasteiger partial charge in [0.2, 0.25) is 0 Å². The summed E-state index contributed by atoms with van der Waals surface area (Å²) >= 11 is 0. The van der Waals surface area contributed by atoms with Crippen molar-refractivity contribution in [3.8, 4) is 0 Å². The van der Waals surface area contributed by atoms with Crippen LogP contribution < -0.4 is 0 Å². The number of fused-ring (bicyclic) bond motifs is 1. The van der Waals surface area contributed by atoms with E-state index in [1.54, 1.807) is 0 Å². The van der Waals surface area contributed by atoms with Gasteiger partial charge in [-0.25, -0.2) is 0 Å². The fourth-order valence-electron chi connectivity index (χ4n) is 1.41. The van der Waals surface area contributed by atoms with Gasteiger partial charge >= 0.3 is 0 Å². The number of ether oxygens (including phenoxy) is 1. The molecule has 0 N–H and O–H groups in total. The minimum Gasteiger partial charge on any atom is -0.373 e. The molecule has 2 rings (SSSR count). The first-order valence-corrected chi connectivity index (χ1v) is 3.89. The second kappa shape index (κ2) is 2.34. The molecule has 0 unspecified atom stereocenters. The molecule has 0 amide bonds. The molecule has 0 saturated carbocycles. The van der Waals surface area contributed by atoms with Crippen molar-refractivity contribution in [2.45, 2.75) is 27.0 Å². The summed E-state index contributed by atoms with van der Waals surface area (Å²) in [4.78, 5) is 0. The van der Waals surface area contributed by atoms with Gasteiger partial charge in [-0.15, -0.1) is 0 Å². The van der Waals surface area contributed by atoms with E-state index in [1.165, 1.54) is 11.3 Å². The van der Waals surface area contributed by atoms with Crippen molar-refractivity contribution < 1.29 is 4.74 Å². The summed E-state index contributed by atoms with van der Waals surface area (Å²) in [5.41, 5.74) is 3.66. The van der Waals surface area contributed by atoms with Crippen LogP contribution in [-0.2, 0) is 17.9 Å². The summed E-state index contributed by atoms with van der Waals surface area (Å²) in [6.45, 7) is 6.58. The van der Waals surface area contributed by atoms with E-state index in [0.29, 0.717) is 0 Å². The molecule has 1 aromatic rings. The predicted molar refractivity (Wildman–Crippen MR) is 41.4 cm³/mol. The Labute approximate surface area is 66.0 Å². The molecule has 0 saturated heterocycles. The Kier molecular flexibility index (Phi) is 1.46. The van der Waals surface area contributed by atoms with E-state index in [9.17, 15) is 0 Å². The first-order chi connectivity index (χ1) is 5.29. The maximum Gasteiger partial charge on any atom is 0.0888 e. The standard InChI is InChI=1S/C8H12N2O/c1-6-7(2)9-10-3-4-11-5-8(6)10/h3-5H2,1-2H3. The number of hydrogen-bond donors (Lipinski definition) is 0. The summed E-state index contributed by atoms with van der Waals surface area (Å²) in [6, 6.07) is 0. The van der Waals surface area contributed by atoms with E-state index in [1.807, 2.05) is 11.6 Å². The molecule has 11 heavy (non-hydrogen) atoms. The van der Waals surface area contributed by atoms with Crippen molar-refractivity contribution in [2.24, 2.45) is 0 Å². The van der Waals surface area contributed by atoms with Crippen LogP contribution in [0.5, 0.6) is 0 Å². The van der Waals surface area contributed by atoms with E-state index < -0.39 is 0 Å². The van der Waals surface area contributed by atoms with Crippen LogP contribution in [-0.4, -0.2) is 16.4 Å². The molecule has 1 aromatic heterocycles. The molecule has 0 atom stereocenters. The minimum atomic E-state index is 0.729. The summed E-state index contributed by atoms with van der Waals surface area (Å²) in [5.74, 6) is 0. The third-order valence-corrected chi connectivity index (χ3v) is 2.24. The molecular weight excluding hydrogens is 140 g/mol. The smallest absolute Gasteiger partial charge is 0.0888 e. The fraction of sp³-hybridized carbons (Fsp3) is 0.625. The topological polar surface area (TPSA) is 27.1 Å². The van der Waals surface area contributed by atoms with Crippen LogP contribution in [0.25, 0.3) is 0 Å². The van der Waals surface area contributed by atoms with Crippen molar-refractivity contribution in [3.63, 3.8) is 0 Å². The molecular formula is C8H12N2O. The van der Waals surface area contributed by atoms with Crippen molar-refractivity contribution >= 4 is 0 Å². The number of rotatable bonds is 0. The molecule has 1 aliphatic heterocycles. The number of nitrogens with zero attached hydrogens (tertiary/aromatic N) is 2. The molecule has 2 heterocycles. The van der Waals surface area contributed by atoms with Gasteiger partial charge in [-0.2, -0.15) is 5.10 Å². The minimum absolute atomic E-state index is 0.729. The SMILES string of the molecule is Cc1nn2c(c1C)COCC2. The van der Waals surface area contributed by atoms with Crippen LogP contribution in [0.1, 0.15) is 17.0 Å². The number of hydrogen-bond acceptors (Lipinski definition) is 2. The molecule has 60 valence electrons. The second-order valence-corrected chi connectivity index (χ2v) is 2.93. The van der Waals surface area contributed by atoms with Gasteiger partial charge in [0, 0.05) is 0 Å². The van der Waals surface area contributed by atoms with Crippen molar-refractivity contribution in [1.29, 1.82) is 0 Å². The van der Waals surface area contributed by atoms with E-state index >= 15 is 0 Å². The third kappa shape index (κ3) is 0.959. The molecule has 0 spiro atoms.